The third kappa shape index (κ3) is 2.01. The number of carbonyl (C=O) groups is 1. The first-order valence-corrected chi connectivity index (χ1v) is 6.15. The van der Waals surface area contributed by atoms with Crippen LogP contribution in [0.25, 0.3) is 0 Å². The summed E-state index contributed by atoms with van der Waals surface area (Å²) in [7, 11) is 0. The van der Waals surface area contributed by atoms with E-state index in [1.54, 1.807) is 6.07 Å². The summed E-state index contributed by atoms with van der Waals surface area (Å²) in [6.45, 7) is 3.98. The second-order valence-electron chi connectivity index (χ2n) is 4.80. The van der Waals surface area contributed by atoms with E-state index in [4.69, 9.17) is 9.47 Å². The van der Waals surface area contributed by atoms with Gasteiger partial charge in [0.15, 0.2) is 11.5 Å². The van der Waals surface area contributed by atoms with E-state index in [1.165, 1.54) is 0 Å². The van der Waals surface area contributed by atoms with E-state index in [-0.39, 0.29) is 18.6 Å². The quantitative estimate of drug-likeness (QED) is 0.826. The van der Waals surface area contributed by atoms with Gasteiger partial charge in [-0.3, -0.25) is 4.79 Å². The molecule has 2 aliphatic rings. The Morgan fingerprint density at radius 2 is 2.17 bits per heavy atom. The lowest BCUT2D eigenvalue weighted by atomic mass is 9.97. The Labute approximate surface area is 105 Å². The Morgan fingerprint density at radius 3 is 2.94 bits per heavy atom. The van der Waals surface area contributed by atoms with Gasteiger partial charge in [0.2, 0.25) is 12.7 Å². The number of anilines is 1. The van der Waals surface area contributed by atoms with Gasteiger partial charge in [-0.15, -0.1) is 0 Å². The van der Waals surface area contributed by atoms with Gasteiger partial charge in [-0.1, -0.05) is 6.92 Å². The van der Waals surface area contributed by atoms with E-state index in [2.05, 4.69) is 17.6 Å². The molecule has 3 rings (SSSR count). The summed E-state index contributed by atoms with van der Waals surface area (Å²) in [5, 5.41) is 6.15. The molecule has 1 saturated heterocycles. The first kappa shape index (κ1) is 11.3. The van der Waals surface area contributed by atoms with Gasteiger partial charge in [0, 0.05) is 18.3 Å². The van der Waals surface area contributed by atoms with Crippen LogP contribution >= 0.6 is 0 Å². The van der Waals surface area contributed by atoms with Crippen molar-refractivity contribution in [2.24, 2.45) is 11.8 Å². The zero-order chi connectivity index (χ0) is 12.5. The molecule has 0 unspecified atom stereocenters. The van der Waals surface area contributed by atoms with Crippen molar-refractivity contribution in [3.05, 3.63) is 18.2 Å². The van der Waals surface area contributed by atoms with Crippen molar-refractivity contribution in [3.63, 3.8) is 0 Å². The van der Waals surface area contributed by atoms with E-state index in [0.29, 0.717) is 11.7 Å². The zero-order valence-electron chi connectivity index (χ0n) is 10.2. The van der Waals surface area contributed by atoms with Crippen molar-refractivity contribution in [2.45, 2.75) is 6.92 Å². The molecule has 0 aromatic heterocycles. The molecule has 1 aromatic rings. The van der Waals surface area contributed by atoms with Crippen LogP contribution in [0.4, 0.5) is 5.69 Å². The van der Waals surface area contributed by atoms with Crippen molar-refractivity contribution in [3.8, 4) is 11.5 Å². The number of rotatable bonds is 2. The second kappa shape index (κ2) is 4.49. The molecule has 5 heteroatoms. The molecule has 0 spiro atoms. The van der Waals surface area contributed by atoms with Crippen LogP contribution in [0.5, 0.6) is 11.5 Å². The fraction of sp³-hybridized carbons (Fsp3) is 0.462. The number of fused-ring (bicyclic) bond motifs is 1. The van der Waals surface area contributed by atoms with Gasteiger partial charge in [0.25, 0.3) is 0 Å². The van der Waals surface area contributed by atoms with Gasteiger partial charge in [-0.2, -0.15) is 0 Å². The summed E-state index contributed by atoms with van der Waals surface area (Å²) in [6.07, 6.45) is 0. The smallest absolute Gasteiger partial charge is 0.231 e. The zero-order valence-corrected chi connectivity index (χ0v) is 10.2. The Morgan fingerprint density at radius 1 is 1.33 bits per heavy atom. The lowest BCUT2D eigenvalue weighted by molar-refractivity contribution is -0.120. The van der Waals surface area contributed by atoms with Crippen LogP contribution < -0.4 is 20.1 Å². The number of amides is 1. The van der Waals surface area contributed by atoms with Crippen LogP contribution in [0, 0.1) is 11.8 Å². The molecule has 2 N–H and O–H groups in total. The Hall–Kier alpha value is -1.75. The molecule has 2 heterocycles. The molecule has 0 saturated carbocycles. The Balaban J connectivity index is 1.71. The van der Waals surface area contributed by atoms with E-state index in [0.717, 1.165) is 24.5 Å². The van der Waals surface area contributed by atoms with Crippen molar-refractivity contribution in [2.75, 3.05) is 25.2 Å². The van der Waals surface area contributed by atoms with E-state index < -0.39 is 0 Å². The van der Waals surface area contributed by atoms with Crippen molar-refractivity contribution < 1.29 is 14.3 Å². The van der Waals surface area contributed by atoms with E-state index in [1.807, 2.05) is 12.1 Å². The third-order valence-electron chi connectivity index (χ3n) is 3.49. The number of hydrogen-bond acceptors (Lipinski definition) is 4. The van der Waals surface area contributed by atoms with Gasteiger partial charge < -0.3 is 20.1 Å². The van der Waals surface area contributed by atoms with Gasteiger partial charge in [0.1, 0.15) is 0 Å². The summed E-state index contributed by atoms with van der Waals surface area (Å²) in [6, 6.07) is 5.44. The SMILES string of the molecule is C[C@@H]1CNC[C@H]1C(=O)Nc1ccc2c(c1)OCO2. The van der Waals surface area contributed by atoms with Crippen LogP contribution in [0.3, 0.4) is 0 Å². The van der Waals surface area contributed by atoms with Crippen LogP contribution in [0.1, 0.15) is 6.92 Å². The van der Waals surface area contributed by atoms with E-state index in [9.17, 15) is 4.79 Å². The number of benzene rings is 1. The predicted octanol–water partition coefficient (Wildman–Crippen LogP) is 1.21. The fourth-order valence-corrected chi connectivity index (χ4v) is 2.37. The van der Waals surface area contributed by atoms with E-state index >= 15 is 0 Å². The molecule has 0 radical (unpaired) electrons. The second-order valence-corrected chi connectivity index (χ2v) is 4.80. The minimum Gasteiger partial charge on any atom is -0.454 e. The van der Waals surface area contributed by atoms with Crippen molar-refractivity contribution >= 4 is 11.6 Å². The van der Waals surface area contributed by atoms with Crippen LogP contribution in [-0.2, 0) is 4.79 Å². The minimum atomic E-state index is 0.0374. The molecule has 5 nitrogen and oxygen atoms in total. The molecule has 2 aliphatic heterocycles. The molecule has 18 heavy (non-hydrogen) atoms. The highest BCUT2D eigenvalue weighted by Crippen LogP contribution is 2.34. The molecular formula is C13H16N2O3. The molecule has 96 valence electrons. The van der Waals surface area contributed by atoms with Crippen LogP contribution in [0.15, 0.2) is 18.2 Å². The van der Waals surface area contributed by atoms with Crippen molar-refractivity contribution in [1.82, 2.24) is 5.32 Å². The first-order chi connectivity index (χ1) is 8.74. The highest BCUT2D eigenvalue weighted by atomic mass is 16.7. The maximum atomic E-state index is 12.1. The average Bonchev–Trinajstić information content (AvgIpc) is 2.96. The third-order valence-corrected chi connectivity index (χ3v) is 3.49. The van der Waals surface area contributed by atoms with Gasteiger partial charge in [-0.05, 0) is 24.6 Å². The Kier molecular flexibility index (Phi) is 2.83. The minimum absolute atomic E-state index is 0.0374. The predicted molar refractivity (Wildman–Crippen MR) is 66.7 cm³/mol. The van der Waals surface area contributed by atoms with Crippen LogP contribution in [0.2, 0.25) is 0 Å². The molecule has 2 atom stereocenters. The summed E-state index contributed by atoms with van der Waals surface area (Å²) < 4.78 is 10.5. The summed E-state index contributed by atoms with van der Waals surface area (Å²) >= 11 is 0. The average molecular weight is 248 g/mol. The fourth-order valence-electron chi connectivity index (χ4n) is 2.37. The summed E-state index contributed by atoms with van der Waals surface area (Å²) in [5.41, 5.74) is 0.753. The largest absolute Gasteiger partial charge is 0.454 e. The van der Waals surface area contributed by atoms with Crippen LogP contribution in [-0.4, -0.2) is 25.8 Å². The molecule has 1 fully saturated rings. The highest BCUT2D eigenvalue weighted by molar-refractivity contribution is 5.93. The maximum absolute atomic E-state index is 12.1. The number of nitrogens with one attached hydrogen (secondary N) is 2. The lowest BCUT2D eigenvalue weighted by Crippen LogP contribution is -2.27. The molecule has 0 bridgehead atoms. The van der Waals surface area contributed by atoms with Gasteiger partial charge in [-0.25, -0.2) is 0 Å². The van der Waals surface area contributed by atoms with Gasteiger partial charge >= 0.3 is 0 Å². The summed E-state index contributed by atoms with van der Waals surface area (Å²) in [5.74, 6) is 1.88. The highest BCUT2D eigenvalue weighted by Gasteiger charge is 2.29. The van der Waals surface area contributed by atoms with Gasteiger partial charge in [0.05, 0.1) is 5.92 Å². The molecule has 1 aromatic carbocycles. The monoisotopic (exact) mass is 248 g/mol. The molecule has 1 amide bonds. The van der Waals surface area contributed by atoms with Crippen molar-refractivity contribution in [1.29, 1.82) is 0 Å². The molecule has 0 aliphatic carbocycles. The lowest BCUT2D eigenvalue weighted by Gasteiger charge is -2.14. The maximum Gasteiger partial charge on any atom is 0.231 e. The summed E-state index contributed by atoms with van der Waals surface area (Å²) in [4.78, 5) is 12.1. The standard InChI is InChI=1S/C13H16N2O3/c1-8-5-14-6-10(8)13(16)15-9-2-3-11-12(4-9)18-7-17-11/h2-4,8,10,14H,5-7H2,1H3,(H,15,16)/t8-,10-/m1/s1. The number of ether oxygens (including phenoxy) is 2. The topological polar surface area (TPSA) is 59.6 Å². The molecular weight excluding hydrogens is 232 g/mol. The number of hydrogen-bond donors (Lipinski definition) is 2. The first-order valence-electron chi connectivity index (χ1n) is 6.15. The Bertz CT molecular complexity index is 475. The normalized spacial score (nSPS) is 25.2. The number of carbonyl (C=O) groups excluding carboxylic acids is 1.